The molecule has 1 atom stereocenters. The number of hydrogen-bond donors (Lipinski definition) is 2. The monoisotopic (exact) mass is 416 g/mol. The van der Waals surface area contributed by atoms with E-state index in [9.17, 15) is 13.2 Å². The molecule has 9 heteroatoms. The van der Waals surface area contributed by atoms with Gasteiger partial charge in [0.15, 0.2) is 6.10 Å². The molecule has 26 heavy (non-hydrogen) atoms. The van der Waals surface area contributed by atoms with Crippen molar-refractivity contribution in [2.45, 2.75) is 17.9 Å². The number of halogens is 2. The number of carbonyl (C=O) groups is 1. The highest BCUT2D eigenvalue weighted by atomic mass is 35.5. The van der Waals surface area contributed by atoms with Crippen LogP contribution >= 0.6 is 23.2 Å². The first-order valence-corrected chi connectivity index (χ1v) is 9.97. The van der Waals surface area contributed by atoms with Crippen LogP contribution < -0.4 is 14.8 Å². The molecule has 2 aromatic carbocycles. The van der Waals surface area contributed by atoms with Gasteiger partial charge in [0, 0.05) is 18.1 Å². The molecule has 0 radical (unpaired) electrons. The minimum absolute atomic E-state index is 0.0272. The Balaban J connectivity index is 1.80. The Kier molecular flexibility index (Phi) is 7.28. The van der Waals surface area contributed by atoms with Gasteiger partial charge in [-0.25, -0.2) is 13.1 Å². The lowest BCUT2D eigenvalue weighted by Gasteiger charge is -2.15. The molecule has 0 saturated heterocycles. The van der Waals surface area contributed by atoms with Crippen molar-refractivity contribution >= 4 is 39.1 Å². The van der Waals surface area contributed by atoms with Crippen molar-refractivity contribution in [3.8, 4) is 5.75 Å². The second-order valence-electron chi connectivity index (χ2n) is 5.34. The Morgan fingerprint density at radius 1 is 1.12 bits per heavy atom. The topological polar surface area (TPSA) is 84.5 Å². The van der Waals surface area contributed by atoms with E-state index in [2.05, 4.69) is 10.0 Å². The predicted molar refractivity (Wildman–Crippen MR) is 101 cm³/mol. The van der Waals surface area contributed by atoms with Crippen LogP contribution in [0.15, 0.2) is 53.4 Å². The molecular formula is C17H18Cl2N2O4S. The number of benzene rings is 2. The van der Waals surface area contributed by atoms with Crippen LogP contribution in [-0.2, 0) is 14.8 Å². The zero-order valence-electron chi connectivity index (χ0n) is 13.9. The summed E-state index contributed by atoms with van der Waals surface area (Å²) in [5.41, 5.74) is 0. The molecule has 0 heterocycles. The Morgan fingerprint density at radius 2 is 1.85 bits per heavy atom. The third-order valence-electron chi connectivity index (χ3n) is 3.33. The number of carbonyl (C=O) groups excluding carboxylic acids is 1. The minimum Gasteiger partial charge on any atom is -0.479 e. The summed E-state index contributed by atoms with van der Waals surface area (Å²) >= 11 is 11.8. The molecule has 0 fully saturated rings. The molecule has 0 spiro atoms. The zero-order chi connectivity index (χ0) is 19.2. The number of para-hydroxylation sites is 1. The summed E-state index contributed by atoms with van der Waals surface area (Å²) in [4.78, 5) is 12.1. The van der Waals surface area contributed by atoms with Gasteiger partial charge in [0.2, 0.25) is 10.0 Å². The number of hydrogen-bond acceptors (Lipinski definition) is 4. The maximum Gasteiger partial charge on any atom is 0.260 e. The van der Waals surface area contributed by atoms with Gasteiger partial charge in [-0.05, 0) is 37.3 Å². The first kappa shape index (κ1) is 20.5. The SMILES string of the molecule is CC(Oc1ccccc1Cl)C(=O)NCCNS(=O)(=O)c1cccc(Cl)c1. The van der Waals surface area contributed by atoms with Gasteiger partial charge in [-0.15, -0.1) is 0 Å². The number of rotatable bonds is 8. The van der Waals surface area contributed by atoms with Crippen LogP contribution in [0.1, 0.15) is 6.92 Å². The molecule has 0 aliphatic heterocycles. The van der Waals surface area contributed by atoms with Gasteiger partial charge in [-0.2, -0.15) is 0 Å². The molecule has 0 aliphatic carbocycles. The van der Waals surface area contributed by atoms with Crippen molar-refractivity contribution < 1.29 is 17.9 Å². The van der Waals surface area contributed by atoms with Crippen molar-refractivity contribution in [3.05, 3.63) is 58.6 Å². The predicted octanol–water partition coefficient (Wildman–Crippen LogP) is 2.86. The van der Waals surface area contributed by atoms with Crippen LogP contribution in [0.2, 0.25) is 10.0 Å². The molecule has 2 aromatic rings. The first-order chi connectivity index (χ1) is 12.3. The summed E-state index contributed by atoms with van der Waals surface area (Å²) in [6.07, 6.45) is -0.778. The van der Waals surface area contributed by atoms with Gasteiger partial charge in [-0.1, -0.05) is 41.4 Å². The third kappa shape index (κ3) is 5.88. The summed E-state index contributed by atoms with van der Waals surface area (Å²) in [5.74, 6) is 0.0188. The summed E-state index contributed by atoms with van der Waals surface area (Å²) in [6.45, 7) is 1.71. The molecule has 6 nitrogen and oxygen atoms in total. The second kappa shape index (κ2) is 9.23. The van der Waals surface area contributed by atoms with Gasteiger partial charge in [0.25, 0.3) is 5.91 Å². The van der Waals surface area contributed by atoms with Crippen LogP contribution in [0.25, 0.3) is 0 Å². The number of sulfonamides is 1. The summed E-state index contributed by atoms with van der Waals surface area (Å²) in [7, 11) is -3.69. The van der Waals surface area contributed by atoms with E-state index in [1.165, 1.54) is 12.1 Å². The molecule has 2 rings (SSSR count). The maximum absolute atomic E-state index is 12.1. The second-order valence-corrected chi connectivity index (χ2v) is 7.95. The van der Waals surface area contributed by atoms with Gasteiger partial charge in [-0.3, -0.25) is 4.79 Å². The van der Waals surface area contributed by atoms with Crippen molar-refractivity contribution in [1.29, 1.82) is 0 Å². The van der Waals surface area contributed by atoms with Crippen LogP contribution in [0.5, 0.6) is 5.75 Å². The van der Waals surface area contributed by atoms with Crippen LogP contribution in [0.4, 0.5) is 0 Å². The fraction of sp³-hybridized carbons (Fsp3) is 0.235. The van der Waals surface area contributed by atoms with Gasteiger partial charge in [0.05, 0.1) is 9.92 Å². The number of ether oxygens (including phenoxy) is 1. The molecular weight excluding hydrogens is 399 g/mol. The fourth-order valence-electron chi connectivity index (χ4n) is 2.02. The molecule has 140 valence electrons. The van der Waals surface area contributed by atoms with E-state index in [1.54, 1.807) is 43.3 Å². The van der Waals surface area contributed by atoms with Crippen molar-refractivity contribution in [2.75, 3.05) is 13.1 Å². The van der Waals surface area contributed by atoms with Crippen molar-refractivity contribution in [2.24, 2.45) is 0 Å². The molecule has 0 bridgehead atoms. The molecule has 0 aromatic heterocycles. The molecule has 1 amide bonds. The van der Waals surface area contributed by atoms with Crippen molar-refractivity contribution in [3.63, 3.8) is 0 Å². The normalized spacial score (nSPS) is 12.4. The lowest BCUT2D eigenvalue weighted by molar-refractivity contribution is -0.127. The van der Waals surface area contributed by atoms with Crippen molar-refractivity contribution in [1.82, 2.24) is 10.0 Å². The van der Waals surface area contributed by atoms with Crippen LogP contribution in [0, 0.1) is 0 Å². The van der Waals surface area contributed by atoms with E-state index >= 15 is 0 Å². The first-order valence-electron chi connectivity index (χ1n) is 7.74. The van der Waals surface area contributed by atoms with Gasteiger partial charge < -0.3 is 10.1 Å². The third-order valence-corrected chi connectivity index (χ3v) is 5.34. The molecule has 0 aliphatic rings. The summed E-state index contributed by atoms with van der Waals surface area (Å²) < 4.78 is 32.1. The largest absolute Gasteiger partial charge is 0.479 e. The van der Waals surface area contributed by atoms with E-state index in [1.807, 2.05) is 0 Å². The van der Waals surface area contributed by atoms with E-state index in [-0.39, 0.29) is 23.9 Å². The Hall–Kier alpha value is -1.80. The van der Waals surface area contributed by atoms with Gasteiger partial charge in [0.1, 0.15) is 5.75 Å². The number of nitrogens with one attached hydrogen (secondary N) is 2. The molecule has 0 saturated carbocycles. The minimum atomic E-state index is -3.69. The molecule has 2 N–H and O–H groups in total. The lowest BCUT2D eigenvalue weighted by Crippen LogP contribution is -2.40. The number of amides is 1. The van der Waals surface area contributed by atoms with Crippen LogP contribution in [-0.4, -0.2) is 33.5 Å². The average molecular weight is 417 g/mol. The zero-order valence-corrected chi connectivity index (χ0v) is 16.2. The van der Waals surface area contributed by atoms with E-state index in [0.717, 1.165) is 0 Å². The summed E-state index contributed by atoms with van der Waals surface area (Å²) in [6, 6.07) is 12.7. The van der Waals surface area contributed by atoms with Gasteiger partial charge >= 0.3 is 0 Å². The fourth-order valence-corrected chi connectivity index (χ4v) is 3.53. The summed E-state index contributed by atoms with van der Waals surface area (Å²) in [5, 5.41) is 3.33. The lowest BCUT2D eigenvalue weighted by atomic mass is 10.3. The average Bonchev–Trinajstić information content (AvgIpc) is 2.60. The smallest absolute Gasteiger partial charge is 0.260 e. The molecule has 1 unspecified atom stereocenters. The maximum atomic E-state index is 12.1. The Morgan fingerprint density at radius 3 is 2.54 bits per heavy atom. The Labute approximate surface area is 162 Å². The highest BCUT2D eigenvalue weighted by Crippen LogP contribution is 2.24. The van der Waals surface area contributed by atoms with E-state index in [0.29, 0.717) is 15.8 Å². The van der Waals surface area contributed by atoms with Crippen LogP contribution in [0.3, 0.4) is 0 Å². The van der Waals surface area contributed by atoms with E-state index in [4.69, 9.17) is 27.9 Å². The highest BCUT2D eigenvalue weighted by molar-refractivity contribution is 7.89. The van der Waals surface area contributed by atoms with E-state index < -0.39 is 16.1 Å². The standard InChI is InChI=1S/C17H18Cl2N2O4S/c1-12(25-16-8-3-2-7-15(16)19)17(22)20-9-10-21-26(23,24)14-6-4-5-13(18)11-14/h2-8,11-12,21H,9-10H2,1H3,(H,20,22). The quantitative estimate of drug-likeness (QED) is 0.647. The highest BCUT2D eigenvalue weighted by Gasteiger charge is 2.17. The Bertz CT molecular complexity index is 875.